The molecule has 1 amide bonds. The first kappa shape index (κ1) is 23.2. The topological polar surface area (TPSA) is 110 Å². The average molecular weight is 477 g/mol. The highest BCUT2D eigenvalue weighted by Crippen LogP contribution is 2.20. The third-order valence-corrected chi connectivity index (χ3v) is 6.69. The van der Waals surface area contributed by atoms with Crippen molar-refractivity contribution in [3.05, 3.63) is 101 Å². The van der Waals surface area contributed by atoms with Gasteiger partial charge in [0, 0.05) is 19.2 Å². The van der Waals surface area contributed by atoms with E-state index >= 15 is 0 Å². The van der Waals surface area contributed by atoms with Gasteiger partial charge in [0.15, 0.2) is 0 Å². The second-order valence-corrected chi connectivity index (χ2v) is 9.56. The highest BCUT2D eigenvalue weighted by molar-refractivity contribution is 7.92. The number of benzene rings is 3. The Bertz CT molecular complexity index is 1480. The lowest BCUT2D eigenvalue weighted by Crippen LogP contribution is -2.22. The third-order valence-electron chi connectivity index (χ3n) is 5.29. The first-order valence-corrected chi connectivity index (χ1v) is 12.2. The Morgan fingerprint density at radius 3 is 2.41 bits per heavy atom. The van der Waals surface area contributed by atoms with Crippen molar-refractivity contribution in [3.8, 4) is 0 Å². The molecule has 1 heterocycles. The first-order valence-electron chi connectivity index (χ1n) is 10.7. The van der Waals surface area contributed by atoms with E-state index in [2.05, 4.69) is 15.0 Å². The lowest BCUT2D eigenvalue weighted by Gasteiger charge is -2.11. The van der Waals surface area contributed by atoms with Crippen molar-refractivity contribution in [1.29, 1.82) is 0 Å². The lowest BCUT2D eigenvalue weighted by atomic mass is 10.1. The van der Waals surface area contributed by atoms with E-state index in [0.717, 1.165) is 11.1 Å². The van der Waals surface area contributed by atoms with Gasteiger partial charge >= 0.3 is 0 Å². The van der Waals surface area contributed by atoms with Crippen LogP contribution in [0.3, 0.4) is 0 Å². The van der Waals surface area contributed by atoms with E-state index in [4.69, 9.17) is 0 Å². The summed E-state index contributed by atoms with van der Waals surface area (Å²) in [5, 5.41) is 3.03. The number of nitrogens with zero attached hydrogens (tertiary/aromatic N) is 2. The molecule has 0 radical (unpaired) electrons. The number of hydrogen-bond donors (Lipinski definition) is 2. The summed E-state index contributed by atoms with van der Waals surface area (Å²) < 4.78 is 29.8. The van der Waals surface area contributed by atoms with Crippen molar-refractivity contribution in [2.45, 2.75) is 24.8 Å². The molecule has 8 nitrogen and oxygen atoms in total. The molecule has 0 saturated heterocycles. The molecule has 0 fully saturated rings. The Morgan fingerprint density at radius 1 is 0.971 bits per heavy atom. The smallest absolute Gasteiger partial charge is 0.261 e. The molecule has 174 valence electrons. The average Bonchev–Trinajstić information content (AvgIpc) is 2.82. The molecule has 0 aliphatic rings. The molecule has 0 atom stereocenters. The third kappa shape index (κ3) is 5.49. The summed E-state index contributed by atoms with van der Waals surface area (Å²) in [5.41, 5.74) is 2.38. The van der Waals surface area contributed by atoms with Crippen LogP contribution in [-0.2, 0) is 27.8 Å². The maximum absolute atomic E-state index is 13.0. The quantitative estimate of drug-likeness (QED) is 0.406. The molecule has 9 heteroatoms. The summed E-state index contributed by atoms with van der Waals surface area (Å²) in [4.78, 5) is 28.4. The second kappa shape index (κ2) is 9.88. The SMILES string of the molecule is CC(=O)NCCc1ccc(S(=O)(=O)Nc2ccc3ncn(Cc4ccccc4)c(=O)c3c2)cc1. The minimum absolute atomic E-state index is 0.101. The molecule has 0 spiro atoms. The van der Waals surface area contributed by atoms with Crippen molar-refractivity contribution >= 4 is 32.5 Å². The van der Waals surface area contributed by atoms with Gasteiger partial charge < -0.3 is 5.32 Å². The van der Waals surface area contributed by atoms with Gasteiger partial charge in [-0.05, 0) is 47.9 Å². The van der Waals surface area contributed by atoms with Crippen molar-refractivity contribution in [2.75, 3.05) is 11.3 Å². The highest BCUT2D eigenvalue weighted by Gasteiger charge is 2.15. The predicted molar refractivity (Wildman–Crippen MR) is 131 cm³/mol. The van der Waals surface area contributed by atoms with Gasteiger partial charge in [-0.25, -0.2) is 13.4 Å². The van der Waals surface area contributed by atoms with Gasteiger partial charge in [0.1, 0.15) is 0 Å². The van der Waals surface area contributed by atoms with Crippen LogP contribution in [0, 0.1) is 0 Å². The van der Waals surface area contributed by atoms with Crippen molar-refractivity contribution in [2.24, 2.45) is 0 Å². The summed E-state index contributed by atoms with van der Waals surface area (Å²) in [5.74, 6) is -0.110. The second-order valence-electron chi connectivity index (χ2n) is 7.88. The number of fused-ring (bicyclic) bond motifs is 1. The van der Waals surface area contributed by atoms with Gasteiger partial charge in [-0.15, -0.1) is 0 Å². The monoisotopic (exact) mass is 476 g/mol. The van der Waals surface area contributed by atoms with Crippen LogP contribution in [-0.4, -0.2) is 30.4 Å². The predicted octanol–water partition coefficient (Wildman–Crippen LogP) is 2.92. The van der Waals surface area contributed by atoms with Crippen molar-refractivity contribution < 1.29 is 13.2 Å². The number of rotatable bonds is 8. The maximum Gasteiger partial charge on any atom is 0.261 e. The Kier molecular flexibility index (Phi) is 6.74. The van der Waals surface area contributed by atoms with Gasteiger partial charge in [-0.3, -0.25) is 18.9 Å². The summed E-state index contributed by atoms with van der Waals surface area (Å²) in [6, 6.07) is 20.7. The number of amides is 1. The molecule has 4 rings (SSSR count). The fraction of sp³-hybridized carbons (Fsp3) is 0.160. The molecule has 0 unspecified atom stereocenters. The number of carbonyl (C=O) groups is 1. The van der Waals surface area contributed by atoms with Crippen LogP contribution in [0.5, 0.6) is 0 Å². The van der Waals surface area contributed by atoms with E-state index in [1.165, 1.54) is 36.0 Å². The molecular formula is C25H24N4O4S. The van der Waals surface area contributed by atoms with Gasteiger partial charge in [0.2, 0.25) is 5.91 Å². The van der Waals surface area contributed by atoms with E-state index in [9.17, 15) is 18.0 Å². The van der Waals surface area contributed by atoms with Gasteiger partial charge in [0.05, 0.1) is 28.7 Å². The minimum Gasteiger partial charge on any atom is -0.356 e. The molecule has 34 heavy (non-hydrogen) atoms. The number of carbonyl (C=O) groups excluding carboxylic acids is 1. The molecule has 4 aromatic rings. The Morgan fingerprint density at radius 2 is 1.71 bits per heavy atom. The summed E-state index contributed by atoms with van der Waals surface area (Å²) in [6.07, 6.45) is 2.09. The number of nitrogens with one attached hydrogen (secondary N) is 2. The van der Waals surface area contributed by atoms with Crippen LogP contribution in [0.15, 0.2) is 88.8 Å². The minimum atomic E-state index is -3.85. The molecule has 0 aliphatic heterocycles. The normalized spacial score (nSPS) is 11.3. The fourth-order valence-electron chi connectivity index (χ4n) is 3.55. The Balaban J connectivity index is 1.54. The molecule has 1 aromatic heterocycles. The summed E-state index contributed by atoms with van der Waals surface area (Å²) in [6.45, 7) is 2.29. The maximum atomic E-state index is 13.0. The standard InChI is InChI=1S/C25H24N4O4S/c1-18(30)26-14-13-19-7-10-22(11-8-19)34(32,33)28-21-9-12-24-23(15-21)25(31)29(17-27-24)16-20-5-3-2-4-6-20/h2-12,15,17,28H,13-14,16H2,1H3,(H,26,30). The number of sulfonamides is 1. The first-order chi connectivity index (χ1) is 16.3. The van der Waals surface area contributed by atoms with Crippen LogP contribution in [0.25, 0.3) is 10.9 Å². The van der Waals surface area contributed by atoms with Crippen LogP contribution in [0.2, 0.25) is 0 Å². The van der Waals surface area contributed by atoms with Crippen LogP contribution in [0.1, 0.15) is 18.1 Å². The number of anilines is 1. The largest absolute Gasteiger partial charge is 0.356 e. The Labute approximate surface area is 197 Å². The Hall–Kier alpha value is -3.98. The van der Waals surface area contributed by atoms with Gasteiger partial charge in [0.25, 0.3) is 15.6 Å². The van der Waals surface area contributed by atoms with Gasteiger partial charge in [-0.1, -0.05) is 42.5 Å². The van der Waals surface area contributed by atoms with Gasteiger partial charge in [-0.2, -0.15) is 0 Å². The van der Waals surface area contributed by atoms with Crippen molar-refractivity contribution in [3.63, 3.8) is 0 Å². The van der Waals surface area contributed by atoms with E-state index in [1.54, 1.807) is 24.3 Å². The molecule has 0 aliphatic carbocycles. The van der Waals surface area contributed by atoms with Crippen LogP contribution < -0.4 is 15.6 Å². The molecule has 2 N–H and O–H groups in total. The van der Waals surface area contributed by atoms with E-state index in [-0.39, 0.29) is 22.0 Å². The number of hydrogen-bond acceptors (Lipinski definition) is 5. The van der Waals surface area contributed by atoms with E-state index in [0.29, 0.717) is 30.4 Å². The van der Waals surface area contributed by atoms with E-state index < -0.39 is 10.0 Å². The lowest BCUT2D eigenvalue weighted by molar-refractivity contribution is -0.118. The summed E-state index contributed by atoms with van der Waals surface area (Å²) >= 11 is 0. The van der Waals surface area contributed by atoms with Crippen molar-refractivity contribution in [1.82, 2.24) is 14.9 Å². The van der Waals surface area contributed by atoms with Crippen LogP contribution in [0.4, 0.5) is 5.69 Å². The molecule has 0 saturated carbocycles. The number of aromatic nitrogens is 2. The molecular weight excluding hydrogens is 452 g/mol. The zero-order chi connectivity index (χ0) is 24.1. The van der Waals surface area contributed by atoms with Crippen LogP contribution >= 0.6 is 0 Å². The molecule has 3 aromatic carbocycles. The fourth-order valence-corrected chi connectivity index (χ4v) is 4.60. The summed E-state index contributed by atoms with van der Waals surface area (Å²) in [7, 11) is -3.85. The zero-order valence-corrected chi connectivity index (χ0v) is 19.4. The zero-order valence-electron chi connectivity index (χ0n) is 18.6. The highest BCUT2D eigenvalue weighted by atomic mass is 32.2. The molecule has 0 bridgehead atoms. The van der Waals surface area contributed by atoms with E-state index in [1.807, 2.05) is 30.3 Å².